The Balaban J connectivity index is 1.70. The van der Waals surface area contributed by atoms with Gasteiger partial charge in [0.15, 0.2) is 0 Å². The topological polar surface area (TPSA) is 145 Å². The first-order valence-corrected chi connectivity index (χ1v) is 9.36. The van der Waals surface area contributed by atoms with Gasteiger partial charge in [0.25, 0.3) is 5.88 Å². The minimum Gasteiger partial charge on any atom is -0.434 e. The normalized spacial score (nSPS) is 18.1. The van der Waals surface area contributed by atoms with Gasteiger partial charge in [0, 0.05) is 24.0 Å². The Labute approximate surface area is 167 Å². The molecule has 1 aromatic carbocycles. The molecule has 10 heteroatoms. The Hall–Kier alpha value is -3.69. The van der Waals surface area contributed by atoms with Gasteiger partial charge in [-0.1, -0.05) is 12.5 Å². The van der Waals surface area contributed by atoms with Gasteiger partial charge in [-0.2, -0.15) is 4.99 Å². The maximum atomic E-state index is 11.2. The first kappa shape index (κ1) is 18.7. The second-order valence-electron chi connectivity index (χ2n) is 7.00. The Kier molecular flexibility index (Phi) is 4.75. The van der Waals surface area contributed by atoms with Crippen molar-refractivity contribution < 1.29 is 9.66 Å². The third kappa shape index (κ3) is 3.56. The van der Waals surface area contributed by atoms with E-state index < -0.39 is 10.6 Å². The van der Waals surface area contributed by atoms with Gasteiger partial charge in [-0.05, 0) is 43.9 Å². The summed E-state index contributed by atoms with van der Waals surface area (Å²) in [6, 6.07) is 9.93. The Morgan fingerprint density at radius 2 is 1.93 bits per heavy atom. The number of guanidine groups is 2. The molecule has 0 unspecified atom stereocenters. The number of pyridine rings is 1. The van der Waals surface area contributed by atoms with Gasteiger partial charge >= 0.3 is 5.69 Å². The summed E-state index contributed by atoms with van der Waals surface area (Å²) in [7, 11) is 0. The van der Waals surface area contributed by atoms with Crippen molar-refractivity contribution in [3.63, 3.8) is 0 Å². The molecule has 1 aliphatic heterocycles. The molecule has 1 aliphatic carbocycles. The monoisotopic (exact) mass is 395 g/mol. The quantitative estimate of drug-likeness (QED) is 0.598. The number of aliphatic imine (C=N–C) groups is 2. The molecule has 1 fully saturated rings. The van der Waals surface area contributed by atoms with Crippen LogP contribution in [0.25, 0.3) is 0 Å². The zero-order valence-electron chi connectivity index (χ0n) is 15.7. The zero-order chi connectivity index (χ0) is 20.4. The van der Waals surface area contributed by atoms with E-state index in [2.05, 4.69) is 15.0 Å². The smallest absolute Gasteiger partial charge is 0.331 e. The van der Waals surface area contributed by atoms with Gasteiger partial charge in [0.05, 0.1) is 4.92 Å². The number of hydrogen-bond acceptors (Lipinski definition) is 9. The second kappa shape index (κ2) is 7.38. The molecular weight excluding hydrogens is 374 g/mol. The lowest BCUT2D eigenvalue weighted by molar-refractivity contribution is -0.386. The average Bonchev–Trinajstić information content (AvgIpc) is 2.68. The van der Waals surface area contributed by atoms with Gasteiger partial charge in [0.1, 0.15) is 11.4 Å². The lowest BCUT2D eigenvalue weighted by Crippen LogP contribution is -2.58. The van der Waals surface area contributed by atoms with E-state index in [1.807, 2.05) is 11.0 Å². The van der Waals surface area contributed by atoms with Crippen LogP contribution >= 0.6 is 0 Å². The second-order valence-corrected chi connectivity index (χ2v) is 7.00. The number of benzene rings is 1. The maximum absolute atomic E-state index is 11.2. The van der Waals surface area contributed by atoms with E-state index in [4.69, 9.17) is 16.2 Å². The predicted octanol–water partition coefficient (Wildman–Crippen LogP) is 2.89. The highest BCUT2D eigenvalue weighted by atomic mass is 16.6. The van der Waals surface area contributed by atoms with Crippen molar-refractivity contribution in [1.29, 1.82) is 0 Å². The van der Waals surface area contributed by atoms with Crippen molar-refractivity contribution in [2.24, 2.45) is 21.5 Å². The minimum absolute atomic E-state index is 0.0791. The van der Waals surface area contributed by atoms with Crippen LogP contribution in [0.5, 0.6) is 11.6 Å². The molecule has 0 atom stereocenters. The van der Waals surface area contributed by atoms with E-state index in [1.54, 1.807) is 18.2 Å². The van der Waals surface area contributed by atoms with Gasteiger partial charge in [-0.15, -0.1) is 0 Å². The molecular formula is C19H21N7O3. The Morgan fingerprint density at radius 1 is 1.14 bits per heavy atom. The van der Waals surface area contributed by atoms with Gasteiger partial charge in [0.2, 0.25) is 11.9 Å². The highest BCUT2D eigenvalue weighted by molar-refractivity contribution is 6.05. The fraction of sp³-hybridized carbons (Fsp3) is 0.316. The van der Waals surface area contributed by atoms with Crippen LogP contribution in [-0.4, -0.2) is 27.5 Å². The molecule has 150 valence electrons. The summed E-state index contributed by atoms with van der Waals surface area (Å²) in [5.74, 6) is 0.757. The van der Waals surface area contributed by atoms with Crippen LogP contribution in [0.1, 0.15) is 32.1 Å². The molecule has 1 spiro atoms. The number of aromatic nitrogens is 1. The predicted molar refractivity (Wildman–Crippen MR) is 109 cm³/mol. The number of hydrogen-bond donors (Lipinski definition) is 2. The van der Waals surface area contributed by atoms with E-state index in [0.717, 1.165) is 37.8 Å². The molecule has 4 rings (SSSR count). The van der Waals surface area contributed by atoms with Crippen LogP contribution < -0.4 is 21.1 Å². The Morgan fingerprint density at radius 3 is 2.69 bits per heavy atom. The van der Waals surface area contributed by atoms with E-state index in [0.29, 0.717) is 5.75 Å². The summed E-state index contributed by atoms with van der Waals surface area (Å²) in [6.45, 7) is 0. The summed E-state index contributed by atoms with van der Waals surface area (Å²) in [6.07, 6.45) is 6.21. The van der Waals surface area contributed by atoms with Gasteiger partial charge < -0.3 is 16.2 Å². The lowest BCUT2D eigenvalue weighted by atomic mass is 9.87. The molecule has 1 saturated carbocycles. The molecule has 0 radical (unpaired) electrons. The number of nitrogens with two attached hydrogens (primary N) is 2. The summed E-state index contributed by atoms with van der Waals surface area (Å²) in [4.78, 5) is 25.3. The van der Waals surface area contributed by atoms with Crippen molar-refractivity contribution in [3.05, 3.63) is 52.7 Å². The number of rotatable bonds is 4. The molecule has 10 nitrogen and oxygen atoms in total. The molecule has 2 aliphatic rings. The SMILES string of the molecule is NC1=NC2(CCCCC2)N(c2cccc(Oc3ncccc3[N+](=O)[O-])c2)C(N)=N1. The number of anilines is 1. The average molecular weight is 395 g/mol. The highest BCUT2D eigenvalue weighted by Crippen LogP contribution is 2.40. The van der Waals surface area contributed by atoms with Crippen LogP contribution in [0.2, 0.25) is 0 Å². The number of ether oxygens (including phenoxy) is 1. The van der Waals surface area contributed by atoms with Crippen LogP contribution in [0.4, 0.5) is 11.4 Å². The summed E-state index contributed by atoms with van der Waals surface area (Å²) in [5, 5.41) is 11.2. The number of nitrogens with zero attached hydrogens (tertiary/aromatic N) is 5. The van der Waals surface area contributed by atoms with Crippen molar-refractivity contribution in [1.82, 2.24) is 4.98 Å². The fourth-order valence-corrected chi connectivity index (χ4v) is 3.89. The van der Waals surface area contributed by atoms with Crippen molar-refractivity contribution in [2.45, 2.75) is 37.8 Å². The molecule has 29 heavy (non-hydrogen) atoms. The van der Waals surface area contributed by atoms with Crippen molar-refractivity contribution >= 4 is 23.3 Å². The summed E-state index contributed by atoms with van der Waals surface area (Å²) >= 11 is 0. The highest BCUT2D eigenvalue weighted by Gasteiger charge is 2.42. The number of nitro groups is 1. The Bertz CT molecular complexity index is 999. The van der Waals surface area contributed by atoms with E-state index >= 15 is 0 Å². The van der Waals surface area contributed by atoms with Crippen molar-refractivity contribution in [3.8, 4) is 11.6 Å². The van der Waals surface area contributed by atoms with Crippen LogP contribution in [0, 0.1) is 10.1 Å². The molecule has 2 aromatic rings. The van der Waals surface area contributed by atoms with Crippen LogP contribution in [0.3, 0.4) is 0 Å². The zero-order valence-corrected chi connectivity index (χ0v) is 15.7. The molecule has 4 N–H and O–H groups in total. The fourth-order valence-electron chi connectivity index (χ4n) is 3.89. The van der Waals surface area contributed by atoms with Crippen LogP contribution in [0.15, 0.2) is 52.6 Å². The first-order chi connectivity index (χ1) is 14.0. The molecule has 0 amide bonds. The van der Waals surface area contributed by atoms with Gasteiger partial charge in [-0.25, -0.2) is 9.98 Å². The van der Waals surface area contributed by atoms with E-state index in [1.165, 1.54) is 18.3 Å². The lowest BCUT2D eigenvalue weighted by Gasteiger charge is -2.45. The first-order valence-electron chi connectivity index (χ1n) is 9.36. The van der Waals surface area contributed by atoms with Crippen LogP contribution in [-0.2, 0) is 0 Å². The standard InChI is InChI=1S/C19H21N7O3/c20-17-23-18(21)25(19(24-17)9-2-1-3-10-19)13-6-4-7-14(12-13)29-16-15(26(27)28)8-5-11-22-16/h4-8,11-12H,1-3,9-10H2,(H4,20,21,23,24). The summed E-state index contributed by atoms with van der Waals surface area (Å²) < 4.78 is 5.71. The third-order valence-electron chi connectivity index (χ3n) is 5.09. The molecule has 0 saturated heterocycles. The summed E-state index contributed by atoms with van der Waals surface area (Å²) in [5.41, 5.74) is 12.1. The largest absolute Gasteiger partial charge is 0.434 e. The molecule has 2 heterocycles. The minimum atomic E-state index is -0.580. The van der Waals surface area contributed by atoms with E-state index in [9.17, 15) is 10.1 Å². The van der Waals surface area contributed by atoms with E-state index in [-0.39, 0.29) is 23.5 Å². The molecule has 1 aromatic heterocycles. The third-order valence-corrected chi connectivity index (χ3v) is 5.09. The van der Waals surface area contributed by atoms with Gasteiger partial charge in [-0.3, -0.25) is 15.0 Å². The van der Waals surface area contributed by atoms with Crippen molar-refractivity contribution in [2.75, 3.05) is 4.90 Å². The maximum Gasteiger partial charge on any atom is 0.331 e. The molecule has 0 bridgehead atoms.